The van der Waals surface area contributed by atoms with E-state index in [0.717, 1.165) is 5.56 Å². The summed E-state index contributed by atoms with van der Waals surface area (Å²) in [5, 5.41) is 20.1. The molecule has 0 bridgehead atoms. The van der Waals surface area contributed by atoms with Crippen LogP contribution in [0.5, 0.6) is 0 Å². The lowest BCUT2D eigenvalue weighted by atomic mass is 10.0. The zero-order valence-electron chi connectivity index (χ0n) is 7.95. The lowest BCUT2D eigenvalue weighted by molar-refractivity contribution is -0.531. The summed E-state index contributed by atoms with van der Waals surface area (Å²) in [7, 11) is 0. The maximum Gasteiger partial charge on any atom is 0.255 e. The van der Waals surface area contributed by atoms with Crippen molar-refractivity contribution in [3.63, 3.8) is 0 Å². The smallest absolute Gasteiger partial charge is 0.255 e. The second-order valence-corrected chi connectivity index (χ2v) is 4.68. The molecule has 0 amide bonds. The molecule has 1 aliphatic rings. The molecular formula is C10H11NO3S. The summed E-state index contributed by atoms with van der Waals surface area (Å²) >= 11 is 1.45. The van der Waals surface area contributed by atoms with Crippen molar-refractivity contribution < 1.29 is 10.0 Å². The van der Waals surface area contributed by atoms with Crippen molar-refractivity contribution in [2.45, 2.75) is 17.4 Å². The van der Waals surface area contributed by atoms with Crippen molar-refractivity contribution in [1.29, 1.82) is 0 Å². The van der Waals surface area contributed by atoms with Crippen molar-refractivity contribution in [2.24, 2.45) is 0 Å². The van der Waals surface area contributed by atoms with E-state index in [2.05, 4.69) is 0 Å². The monoisotopic (exact) mass is 225 g/mol. The summed E-state index contributed by atoms with van der Waals surface area (Å²) in [6, 6.07) is 8.45. The van der Waals surface area contributed by atoms with Gasteiger partial charge >= 0.3 is 0 Å². The first-order valence-corrected chi connectivity index (χ1v) is 5.73. The van der Waals surface area contributed by atoms with Crippen LogP contribution < -0.4 is 0 Å². The number of thioether (sulfide) groups is 1. The number of nitrogens with zero attached hydrogens (tertiary/aromatic N) is 1. The Bertz CT molecular complexity index is 357. The Hall–Kier alpha value is -1.07. The molecule has 1 fully saturated rings. The third kappa shape index (κ3) is 1.98. The highest BCUT2D eigenvalue weighted by Gasteiger charge is 2.45. The summed E-state index contributed by atoms with van der Waals surface area (Å²) in [6.07, 6.45) is -0.838. The van der Waals surface area contributed by atoms with Gasteiger partial charge in [-0.15, -0.1) is 11.8 Å². The van der Waals surface area contributed by atoms with Crippen molar-refractivity contribution in [3.8, 4) is 0 Å². The molecule has 0 unspecified atom stereocenters. The Balaban J connectivity index is 2.26. The molecule has 1 aromatic rings. The van der Waals surface area contributed by atoms with Crippen LogP contribution in [0.2, 0.25) is 0 Å². The SMILES string of the molecule is O=[N+]([O-])[C@@H]1[C@@H](O)CS[C@H]1c1ccccc1. The molecule has 4 nitrogen and oxygen atoms in total. The first kappa shape index (κ1) is 10.4. The Morgan fingerprint density at radius 1 is 1.40 bits per heavy atom. The molecule has 1 heterocycles. The van der Waals surface area contributed by atoms with Gasteiger partial charge in [0.05, 0.1) is 5.25 Å². The maximum atomic E-state index is 10.8. The molecule has 1 aliphatic heterocycles. The van der Waals surface area contributed by atoms with Gasteiger partial charge in [-0.1, -0.05) is 30.3 Å². The van der Waals surface area contributed by atoms with Crippen LogP contribution in [0.3, 0.4) is 0 Å². The summed E-state index contributed by atoms with van der Waals surface area (Å²) in [6.45, 7) is 0. The number of aliphatic hydroxyl groups excluding tert-OH is 1. The van der Waals surface area contributed by atoms with Gasteiger partial charge in [-0.05, 0) is 5.56 Å². The van der Waals surface area contributed by atoms with Crippen molar-refractivity contribution >= 4 is 11.8 Å². The van der Waals surface area contributed by atoms with Gasteiger partial charge in [0.15, 0.2) is 0 Å². The number of nitro groups is 1. The van der Waals surface area contributed by atoms with E-state index >= 15 is 0 Å². The van der Waals surface area contributed by atoms with Gasteiger partial charge in [0.25, 0.3) is 6.04 Å². The molecule has 0 aromatic heterocycles. The Kier molecular flexibility index (Phi) is 2.93. The summed E-state index contributed by atoms with van der Waals surface area (Å²) < 4.78 is 0. The van der Waals surface area contributed by atoms with E-state index < -0.39 is 12.1 Å². The molecule has 0 saturated carbocycles. The normalized spacial score (nSPS) is 30.3. The standard InChI is InChI=1S/C10H11NO3S/c12-8-6-15-10(9(8)11(13)14)7-4-2-1-3-5-7/h1-5,8-10,12H,6H2/t8-,9+,10-/m0/s1. The Morgan fingerprint density at radius 2 is 2.07 bits per heavy atom. The predicted octanol–water partition coefficient (Wildman–Crippen LogP) is 1.48. The highest BCUT2D eigenvalue weighted by molar-refractivity contribution is 7.99. The van der Waals surface area contributed by atoms with E-state index in [1.54, 1.807) is 0 Å². The van der Waals surface area contributed by atoms with E-state index in [-0.39, 0.29) is 10.2 Å². The zero-order chi connectivity index (χ0) is 10.8. The average molecular weight is 225 g/mol. The topological polar surface area (TPSA) is 63.4 Å². The second-order valence-electron chi connectivity index (χ2n) is 3.51. The van der Waals surface area contributed by atoms with Gasteiger partial charge in [0.2, 0.25) is 0 Å². The van der Waals surface area contributed by atoms with Crippen LogP contribution >= 0.6 is 11.8 Å². The largest absolute Gasteiger partial charge is 0.385 e. The molecule has 15 heavy (non-hydrogen) atoms. The lowest BCUT2D eigenvalue weighted by Crippen LogP contribution is -2.33. The third-order valence-electron chi connectivity index (χ3n) is 2.52. The maximum absolute atomic E-state index is 10.8. The zero-order valence-corrected chi connectivity index (χ0v) is 8.76. The van der Waals surface area contributed by atoms with Gasteiger partial charge in [-0.3, -0.25) is 10.1 Å². The summed E-state index contributed by atoms with van der Waals surface area (Å²) in [4.78, 5) is 10.5. The van der Waals surface area contributed by atoms with E-state index in [0.29, 0.717) is 5.75 Å². The van der Waals surface area contributed by atoms with Crippen molar-refractivity contribution in [2.75, 3.05) is 5.75 Å². The van der Waals surface area contributed by atoms with Crippen LogP contribution in [0.25, 0.3) is 0 Å². The van der Waals surface area contributed by atoms with Gasteiger partial charge < -0.3 is 5.11 Å². The van der Waals surface area contributed by atoms with E-state index in [1.807, 2.05) is 30.3 Å². The van der Waals surface area contributed by atoms with Crippen LogP contribution in [0.4, 0.5) is 0 Å². The molecule has 0 radical (unpaired) electrons. The first-order valence-electron chi connectivity index (χ1n) is 4.68. The van der Waals surface area contributed by atoms with Gasteiger partial charge in [0.1, 0.15) is 6.10 Å². The summed E-state index contributed by atoms with van der Waals surface area (Å²) in [5.74, 6) is 0.436. The lowest BCUT2D eigenvalue weighted by Gasteiger charge is -2.13. The fraction of sp³-hybridized carbons (Fsp3) is 0.400. The minimum atomic E-state index is -0.877. The highest BCUT2D eigenvalue weighted by Crippen LogP contribution is 2.41. The molecule has 2 rings (SSSR count). The summed E-state index contributed by atoms with van der Waals surface area (Å²) in [5.41, 5.74) is 0.917. The van der Waals surface area contributed by atoms with Gasteiger partial charge in [-0.2, -0.15) is 0 Å². The van der Waals surface area contributed by atoms with Crippen LogP contribution in [0.15, 0.2) is 30.3 Å². The van der Waals surface area contributed by atoms with Crippen LogP contribution in [-0.2, 0) is 0 Å². The molecule has 3 atom stereocenters. The quantitative estimate of drug-likeness (QED) is 0.611. The number of hydrogen-bond donors (Lipinski definition) is 1. The minimum Gasteiger partial charge on any atom is -0.385 e. The Labute approximate surface area is 91.5 Å². The van der Waals surface area contributed by atoms with E-state index in [9.17, 15) is 15.2 Å². The molecule has 0 aliphatic carbocycles. The van der Waals surface area contributed by atoms with Crippen molar-refractivity contribution in [3.05, 3.63) is 46.0 Å². The second kappa shape index (κ2) is 4.20. The fourth-order valence-corrected chi connectivity index (χ4v) is 3.22. The number of hydrogen-bond acceptors (Lipinski definition) is 4. The van der Waals surface area contributed by atoms with Crippen LogP contribution in [0.1, 0.15) is 10.8 Å². The minimum absolute atomic E-state index is 0.226. The van der Waals surface area contributed by atoms with Crippen LogP contribution in [-0.4, -0.2) is 27.9 Å². The number of benzene rings is 1. The molecule has 1 N–H and O–H groups in total. The van der Waals surface area contributed by atoms with Crippen LogP contribution in [0, 0.1) is 10.1 Å². The van der Waals surface area contributed by atoms with Gasteiger partial charge in [-0.25, -0.2) is 0 Å². The first-order chi connectivity index (χ1) is 7.20. The van der Waals surface area contributed by atoms with E-state index in [1.165, 1.54) is 11.8 Å². The Morgan fingerprint density at radius 3 is 2.67 bits per heavy atom. The third-order valence-corrected chi connectivity index (χ3v) is 3.97. The van der Waals surface area contributed by atoms with E-state index in [4.69, 9.17) is 0 Å². The molecule has 5 heteroatoms. The fourth-order valence-electron chi connectivity index (χ4n) is 1.79. The highest BCUT2D eigenvalue weighted by atomic mass is 32.2. The molecule has 0 spiro atoms. The number of aliphatic hydroxyl groups is 1. The molecule has 1 aromatic carbocycles. The number of rotatable bonds is 2. The molecule has 1 saturated heterocycles. The van der Waals surface area contributed by atoms with Gasteiger partial charge in [0, 0.05) is 10.7 Å². The predicted molar refractivity (Wildman–Crippen MR) is 58.4 cm³/mol. The average Bonchev–Trinajstić information content (AvgIpc) is 2.61. The van der Waals surface area contributed by atoms with Crippen molar-refractivity contribution in [1.82, 2.24) is 0 Å². The molecule has 80 valence electrons. The molecular weight excluding hydrogens is 214 g/mol.